The molecule has 20 heavy (non-hydrogen) atoms. The number of nitrogens with one attached hydrogen (secondary N) is 1. The molecule has 0 bridgehead atoms. The maximum absolute atomic E-state index is 5.76. The minimum Gasteiger partial charge on any atom is -0.491 e. The van der Waals surface area contributed by atoms with E-state index in [2.05, 4.69) is 35.1 Å². The fourth-order valence-corrected chi connectivity index (χ4v) is 2.50. The molecule has 0 spiro atoms. The first-order valence-corrected chi connectivity index (χ1v) is 7.84. The van der Waals surface area contributed by atoms with Crippen LogP contribution in [-0.4, -0.2) is 42.7 Å². The van der Waals surface area contributed by atoms with Crippen LogP contribution < -0.4 is 10.1 Å². The molecule has 0 amide bonds. The lowest BCUT2D eigenvalue weighted by molar-refractivity contribution is 0.237. The number of ether oxygens (including phenoxy) is 1. The Hall–Kier alpha value is -1.13. The highest BCUT2D eigenvalue weighted by Gasteiger charge is 2.11. The highest BCUT2D eigenvalue weighted by molar-refractivity contribution is 5.21. The van der Waals surface area contributed by atoms with Gasteiger partial charge in [-0.2, -0.15) is 0 Å². The van der Waals surface area contributed by atoms with Gasteiger partial charge in [0.2, 0.25) is 0 Å². The smallest absolute Gasteiger partial charge is 0.137 e. The third kappa shape index (κ3) is 4.76. The van der Waals surface area contributed by atoms with Gasteiger partial charge in [-0.05, 0) is 58.0 Å². The summed E-state index contributed by atoms with van der Waals surface area (Å²) in [7, 11) is 0. The van der Waals surface area contributed by atoms with Crippen molar-refractivity contribution in [3.05, 3.63) is 24.0 Å². The number of likely N-dealkylation sites (tertiary alicyclic amines) is 1. The molecule has 0 aliphatic carbocycles. The van der Waals surface area contributed by atoms with E-state index in [1.807, 2.05) is 12.3 Å². The largest absolute Gasteiger partial charge is 0.491 e. The highest BCUT2D eigenvalue weighted by atomic mass is 16.5. The summed E-state index contributed by atoms with van der Waals surface area (Å²) in [5.41, 5.74) is 1.07. The first kappa shape index (κ1) is 15.3. The van der Waals surface area contributed by atoms with Gasteiger partial charge >= 0.3 is 0 Å². The number of nitrogens with zero attached hydrogens (tertiary/aromatic N) is 2. The van der Waals surface area contributed by atoms with Crippen molar-refractivity contribution in [2.75, 3.05) is 32.8 Å². The molecule has 0 saturated carbocycles. The molecule has 4 heteroatoms. The SMILES string of the molecule is CCCNC(C)c1ccc(OCCN2CCCC2)cn1. The number of hydrogen-bond donors (Lipinski definition) is 1. The van der Waals surface area contributed by atoms with Crippen molar-refractivity contribution < 1.29 is 4.74 Å². The van der Waals surface area contributed by atoms with Crippen LogP contribution in [0.3, 0.4) is 0 Å². The molecule has 1 N–H and O–H groups in total. The van der Waals surface area contributed by atoms with E-state index in [9.17, 15) is 0 Å². The minimum absolute atomic E-state index is 0.300. The van der Waals surface area contributed by atoms with E-state index in [-0.39, 0.29) is 0 Å². The van der Waals surface area contributed by atoms with Crippen LogP contribution in [0.4, 0.5) is 0 Å². The van der Waals surface area contributed by atoms with Gasteiger partial charge < -0.3 is 10.1 Å². The van der Waals surface area contributed by atoms with E-state index in [4.69, 9.17) is 4.74 Å². The number of rotatable bonds is 8. The number of hydrogen-bond acceptors (Lipinski definition) is 4. The molecule has 1 fully saturated rings. The molecule has 2 heterocycles. The first-order chi connectivity index (χ1) is 9.79. The van der Waals surface area contributed by atoms with Crippen molar-refractivity contribution in [2.24, 2.45) is 0 Å². The third-order valence-electron chi connectivity index (χ3n) is 3.78. The van der Waals surface area contributed by atoms with E-state index < -0.39 is 0 Å². The Morgan fingerprint density at radius 3 is 2.80 bits per heavy atom. The lowest BCUT2D eigenvalue weighted by Crippen LogP contribution is -2.25. The zero-order valence-electron chi connectivity index (χ0n) is 12.8. The Balaban J connectivity index is 1.73. The van der Waals surface area contributed by atoms with Crippen molar-refractivity contribution in [1.29, 1.82) is 0 Å². The highest BCUT2D eigenvalue weighted by Crippen LogP contribution is 2.14. The van der Waals surface area contributed by atoms with Gasteiger partial charge in [0.1, 0.15) is 12.4 Å². The molecule has 1 aromatic heterocycles. The molecule has 0 radical (unpaired) electrons. The quantitative estimate of drug-likeness (QED) is 0.792. The van der Waals surface area contributed by atoms with Crippen molar-refractivity contribution in [3.8, 4) is 5.75 Å². The summed E-state index contributed by atoms with van der Waals surface area (Å²) in [6.45, 7) is 9.57. The second kappa shape index (κ2) is 8.22. The van der Waals surface area contributed by atoms with Gasteiger partial charge in [-0.25, -0.2) is 0 Å². The maximum atomic E-state index is 5.76. The van der Waals surface area contributed by atoms with Gasteiger partial charge in [0.25, 0.3) is 0 Å². The van der Waals surface area contributed by atoms with Crippen molar-refractivity contribution >= 4 is 0 Å². The van der Waals surface area contributed by atoms with Crippen molar-refractivity contribution in [2.45, 2.75) is 39.2 Å². The van der Waals surface area contributed by atoms with E-state index in [0.717, 1.165) is 37.6 Å². The molecule has 1 aliphatic rings. The molecule has 1 atom stereocenters. The topological polar surface area (TPSA) is 37.4 Å². The lowest BCUT2D eigenvalue weighted by atomic mass is 10.2. The second-order valence-corrected chi connectivity index (χ2v) is 5.49. The van der Waals surface area contributed by atoms with Crippen LogP contribution in [0.15, 0.2) is 18.3 Å². The Labute approximate surface area is 122 Å². The summed E-state index contributed by atoms with van der Waals surface area (Å²) in [6.07, 6.45) is 5.64. The average molecular weight is 277 g/mol. The van der Waals surface area contributed by atoms with Gasteiger partial charge in [0.15, 0.2) is 0 Å². The molecule has 1 aromatic rings. The zero-order valence-corrected chi connectivity index (χ0v) is 12.8. The fourth-order valence-electron chi connectivity index (χ4n) is 2.50. The van der Waals surface area contributed by atoms with Crippen LogP contribution in [0.1, 0.15) is 44.8 Å². The predicted octanol–water partition coefficient (Wildman–Crippen LogP) is 2.62. The molecule has 4 nitrogen and oxygen atoms in total. The van der Waals surface area contributed by atoms with Crippen LogP contribution >= 0.6 is 0 Å². The van der Waals surface area contributed by atoms with Crippen molar-refractivity contribution in [1.82, 2.24) is 15.2 Å². The summed E-state index contributed by atoms with van der Waals surface area (Å²) in [4.78, 5) is 6.94. The monoisotopic (exact) mass is 277 g/mol. The van der Waals surface area contributed by atoms with E-state index in [1.165, 1.54) is 25.9 Å². The van der Waals surface area contributed by atoms with Gasteiger partial charge in [0, 0.05) is 12.6 Å². The summed E-state index contributed by atoms with van der Waals surface area (Å²) in [6, 6.07) is 4.38. The second-order valence-electron chi connectivity index (χ2n) is 5.49. The van der Waals surface area contributed by atoms with Crippen LogP contribution in [0.25, 0.3) is 0 Å². The summed E-state index contributed by atoms with van der Waals surface area (Å²) in [5.74, 6) is 0.871. The van der Waals surface area contributed by atoms with Crippen LogP contribution in [0, 0.1) is 0 Å². The fraction of sp³-hybridized carbons (Fsp3) is 0.688. The van der Waals surface area contributed by atoms with Gasteiger partial charge in [-0.15, -0.1) is 0 Å². The molecular formula is C16H27N3O. The van der Waals surface area contributed by atoms with E-state index in [0.29, 0.717) is 6.04 Å². The zero-order chi connectivity index (χ0) is 14.2. The molecule has 112 valence electrons. The van der Waals surface area contributed by atoms with Crippen LogP contribution in [0.2, 0.25) is 0 Å². The Bertz CT molecular complexity index is 374. The molecule has 1 unspecified atom stereocenters. The summed E-state index contributed by atoms with van der Waals surface area (Å²) >= 11 is 0. The molecule has 1 aliphatic heterocycles. The third-order valence-corrected chi connectivity index (χ3v) is 3.78. The van der Waals surface area contributed by atoms with E-state index >= 15 is 0 Å². The van der Waals surface area contributed by atoms with Crippen molar-refractivity contribution in [3.63, 3.8) is 0 Å². The Morgan fingerprint density at radius 2 is 2.15 bits per heavy atom. The standard InChI is InChI=1S/C16H27N3O/c1-3-8-17-14(2)16-7-6-15(13-18-16)20-12-11-19-9-4-5-10-19/h6-7,13-14,17H,3-5,8-12H2,1-2H3. The predicted molar refractivity (Wildman–Crippen MR) is 82.1 cm³/mol. The molecule has 0 aromatic carbocycles. The van der Waals surface area contributed by atoms with E-state index in [1.54, 1.807) is 0 Å². The maximum Gasteiger partial charge on any atom is 0.137 e. The number of aromatic nitrogens is 1. The minimum atomic E-state index is 0.300. The average Bonchev–Trinajstić information content (AvgIpc) is 2.99. The Morgan fingerprint density at radius 1 is 1.35 bits per heavy atom. The summed E-state index contributed by atoms with van der Waals surface area (Å²) < 4.78 is 5.76. The molecule has 2 rings (SSSR count). The number of pyridine rings is 1. The lowest BCUT2D eigenvalue weighted by Gasteiger charge is -2.15. The molecular weight excluding hydrogens is 250 g/mol. The molecule has 1 saturated heterocycles. The van der Waals surface area contributed by atoms with Gasteiger partial charge in [0.05, 0.1) is 11.9 Å². The van der Waals surface area contributed by atoms with Crippen LogP contribution in [0.5, 0.6) is 5.75 Å². The summed E-state index contributed by atoms with van der Waals surface area (Å²) in [5, 5.41) is 3.44. The first-order valence-electron chi connectivity index (χ1n) is 7.84. The Kier molecular flexibility index (Phi) is 6.27. The normalized spacial score (nSPS) is 17.3. The van der Waals surface area contributed by atoms with Gasteiger partial charge in [-0.3, -0.25) is 9.88 Å². The van der Waals surface area contributed by atoms with Gasteiger partial charge in [-0.1, -0.05) is 6.92 Å². The van der Waals surface area contributed by atoms with Crippen LogP contribution in [-0.2, 0) is 0 Å².